The number of halogens is 4. The van der Waals surface area contributed by atoms with Gasteiger partial charge in [0.15, 0.2) is 0 Å². The monoisotopic (exact) mass is 290 g/mol. The van der Waals surface area contributed by atoms with E-state index < -0.39 is 17.6 Å². The predicted octanol–water partition coefficient (Wildman–Crippen LogP) is 3.03. The lowest BCUT2D eigenvalue weighted by atomic mass is 10.1. The molecule has 0 saturated carbocycles. The van der Waals surface area contributed by atoms with E-state index in [9.17, 15) is 17.6 Å². The van der Waals surface area contributed by atoms with Crippen LogP contribution in [0.2, 0.25) is 0 Å². The van der Waals surface area contributed by atoms with Crippen LogP contribution in [-0.2, 0) is 12.7 Å². The van der Waals surface area contributed by atoms with Gasteiger partial charge in [-0.1, -0.05) is 13.0 Å². The molecule has 0 amide bonds. The molecule has 0 aromatic heterocycles. The van der Waals surface area contributed by atoms with E-state index in [-0.39, 0.29) is 0 Å². The van der Waals surface area contributed by atoms with Crippen molar-refractivity contribution in [2.45, 2.75) is 32.1 Å². The highest BCUT2D eigenvalue weighted by Gasteiger charge is 2.34. The highest BCUT2D eigenvalue weighted by Crippen LogP contribution is 2.32. The second kappa shape index (κ2) is 6.10. The first-order valence-corrected chi connectivity index (χ1v) is 6.72. The maximum absolute atomic E-state index is 13.2. The van der Waals surface area contributed by atoms with E-state index in [1.165, 1.54) is 6.07 Å². The average molecular weight is 290 g/mol. The van der Waals surface area contributed by atoms with Crippen LogP contribution in [0, 0.1) is 5.82 Å². The first kappa shape index (κ1) is 15.3. The molecule has 1 saturated heterocycles. The minimum absolute atomic E-state index is 0.333. The molecular weight excluding hydrogens is 272 g/mol. The van der Waals surface area contributed by atoms with Gasteiger partial charge in [-0.15, -0.1) is 0 Å². The van der Waals surface area contributed by atoms with Crippen LogP contribution in [0.5, 0.6) is 0 Å². The Kier molecular flexibility index (Phi) is 4.65. The Hall–Kier alpha value is -1.14. The number of hydrogen-bond donors (Lipinski definition) is 1. The van der Waals surface area contributed by atoms with Gasteiger partial charge in [-0.25, -0.2) is 4.39 Å². The van der Waals surface area contributed by atoms with Gasteiger partial charge in [-0.3, -0.25) is 4.90 Å². The quantitative estimate of drug-likeness (QED) is 0.858. The van der Waals surface area contributed by atoms with Crippen molar-refractivity contribution in [3.63, 3.8) is 0 Å². The van der Waals surface area contributed by atoms with Crippen molar-refractivity contribution in [2.75, 3.05) is 19.6 Å². The van der Waals surface area contributed by atoms with Crippen molar-refractivity contribution in [3.05, 3.63) is 35.1 Å². The summed E-state index contributed by atoms with van der Waals surface area (Å²) in [4.78, 5) is 2.12. The van der Waals surface area contributed by atoms with Crippen LogP contribution in [-0.4, -0.2) is 30.6 Å². The number of benzene rings is 1. The van der Waals surface area contributed by atoms with Crippen LogP contribution in [0.4, 0.5) is 17.6 Å². The third kappa shape index (κ3) is 3.49. The zero-order valence-electron chi connectivity index (χ0n) is 11.3. The second-order valence-corrected chi connectivity index (χ2v) is 5.02. The third-order valence-corrected chi connectivity index (χ3v) is 3.68. The summed E-state index contributed by atoms with van der Waals surface area (Å²) < 4.78 is 51.3. The van der Waals surface area contributed by atoms with Crippen molar-refractivity contribution in [1.82, 2.24) is 10.2 Å². The fraction of sp³-hybridized carbons (Fsp3) is 0.571. The van der Waals surface area contributed by atoms with Crippen LogP contribution in [0.25, 0.3) is 0 Å². The number of rotatable bonds is 4. The lowest BCUT2D eigenvalue weighted by Gasteiger charge is -2.27. The molecule has 0 aliphatic carbocycles. The Labute approximate surface area is 115 Å². The molecule has 2 rings (SSSR count). The molecule has 1 fully saturated rings. The van der Waals surface area contributed by atoms with Gasteiger partial charge in [0.05, 0.1) is 5.56 Å². The number of nitrogens with zero attached hydrogens (tertiary/aromatic N) is 1. The minimum Gasteiger partial charge on any atom is -0.315 e. The molecule has 1 aromatic rings. The number of nitrogens with one attached hydrogen (secondary N) is 1. The van der Waals surface area contributed by atoms with Crippen molar-refractivity contribution < 1.29 is 17.6 Å². The molecule has 1 unspecified atom stereocenters. The zero-order chi connectivity index (χ0) is 14.8. The van der Waals surface area contributed by atoms with Gasteiger partial charge >= 0.3 is 6.18 Å². The maximum Gasteiger partial charge on any atom is 0.419 e. The van der Waals surface area contributed by atoms with Gasteiger partial charge in [-0.2, -0.15) is 13.2 Å². The van der Waals surface area contributed by atoms with Crippen LogP contribution in [0.3, 0.4) is 0 Å². The first-order chi connectivity index (χ1) is 9.41. The predicted molar refractivity (Wildman–Crippen MR) is 68.8 cm³/mol. The van der Waals surface area contributed by atoms with E-state index in [2.05, 4.69) is 10.2 Å². The molecule has 0 spiro atoms. The molecule has 1 aliphatic heterocycles. The highest BCUT2D eigenvalue weighted by atomic mass is 19.4. The molecule has 1 N–H and O–H groups in total. The molecule has 2 nitrogen and oxygen atoms in total. The summed E-state index contributed by atoms with van der Waals surface area (Å²) in [5.74, 6) is -1.22. The van der Waals surface area contributed by atoms with E-state index in [0.29, 0.717) is 18.2 Å². The molecule has 20 heavy (non-hydrogen) atoms. The van der Waals surface area contributed by atoms with Crippen LogP contribution in [0.1, 0.15) is 24.5 Å². The highest BCUT2D eigenvalue weighted by molar-refractivity contribution is 5.27. The van der Waals surface area contributed by atoms with E-state index in [4.69, 9.17) is 0 Å². The standard InChI is InChI=1S/C14H18F4N2/c1-2-20(11-5-6-19-8-11)9-10-3-4-13(15)12(7-10)14(16,17)18/h3-4,7,11,19H,2,5-6,8-9H2,1H3. The molecule has 6 heteroatoms. The van der Waals surface area contributed by atoms with Gasteiger partial charge in [-0.05, 0) is 37.2 Å². The van der Waals surface area contributed by atoms with Crippen LogP contribution >= 0.6 is 0 Å². The summed E-state index contributed by atoms with van der Waals surface area (Å²) >= 11 is 0. The van der Waals surface area contributed by atoms with Gasteiger partial charge < -0.3 is 5.32 Å². The summed E-state index contributed by atoms with van der Waals surface area (Å²) in [5.41, 5.74) is -0.692. The Bertz CT molecular complexity index is 453. The Morgan fingerprint density at radius 3 is 2.65 bits per heavy atom. The van der Waals surface area contributed by atoms with Crippen molar-refractivity contribution in [1.29, 1.82) is 0 Å². The summed E-state index contributed by atoms with van der Waals surface area (Å²) in [6.45, 7) is 4.92. The van der Waals surface area contributed by atoms with Gasteiger partial charge in [0, 0.05) is 19.1 Å². The molecule has 112 valence electrons. The van der Waals surface area contributed by atoms with Crippen LogP contribution in [0.15, 0.2) is 18.2 Å². The zero-order valence-corrected chi connectivity index (χ0v) is 11.3. The molecule has 1 aromatic carbocycles. The third-order valence-electron chi connectivity index (χ3n) is 3.68. The van der Waals surface area contributed by atoms with E-state index in [1.54, 1.807) is 0 Å². The summed E-state index contributed by atoms with van der Waals surface area (Å²) in [7, 11) is 0. The smallest absolute Gasteiger partial charge is 0.315 e. The number of hydrogen-bond acceptors (Lipinski definition) is 2. The molecule has 1 atom stereocenters. The minimum atomic E-state index is -4.65. The fourth-order valence-electron chi connectivity index (χ4n) is 2.57. The largest absolute Gasteiger partial charge is 0.419 e. The van der Waals surface area contributed by atoms with Crippen LogP contribution < -0.4 is 5.32 Å². The Morgan fingerprint density at radius 1 is 1.35 bits per heavy atom. The Morgan fingerprint density at radius 2 is 2.10 bits per heavy atom. The molecule has 0 radical (unpaired) electrons. The normalized spacial score (nSPS) is 19.8. The Balaban J connectivity index is 2.16. The number of likely N-dealkylation sites (N-methyl/N-ethyl adjacent to an activating group) is 1. The second-order valence-electron chi connectivity index (χ2n) is 5.02. The van der Waals surface area contributed by atoms with Gasteiger partial charge in [0.25, 0.3) is 0 Å². The average Bonchev–Trinajstić information content (AvgIpc) is 2.90. The molecule has 1 aliphatic rings. The van der Waals surface area contributed by atoms with E-state index in [1.807, 2.05) is 6.92 Å². The SMILES string of the molecule is CCN(Cc1ccc(F)c(C(F)(F)F)c1)C1CCNC1. The summed E-state index contributed by atoms with van der Waals surface area (Å²) in [6, 6.07) is 3.58. The van der Waals surface area contributed by atoms with Gasteiger partial charge in [0.1, 0.15) is 5.82 Å². The first-order valence-electron chi connectivity index (χ1n) is 6.72. The van der Waals surface area contributed by atoms with Gasteiger partial charge in [0.2, 0.25) is 0 Å². The molecule has 1 heterocycles. The lowest BCUT2D eigenvalue weighted by Crippen LogP contribution is -2.36. The summed E-state index contributed by atoms with van der Waals surface area (Å²) in [5, 5.41) is 3.24. The van der Waals surface area contributed by atoms with E-state index >= 15 is 0 Å². The molecular formula is C14H18F4N2. The van der Waals surface area contributed by atoms with Crippen molar-refractivity contribution >= 4 is 0 Å². The lowest BCUT2D eigenvalue weighted by molar-refractivity contribution is -0.140. The van der Waals surface area contributed by atoms with Crippen molar-refractivity contribution in [2.24, 2.45) is 0 Å². The van der Waals surface area contributed by atoms with Crippen molar-refractivity contribution in [3.8, 4) is 0 Å². The molecule has 0 bridgehead atoms. The van der Waals surface area contributed by atoms with E-state index in [0.717, 1.165) is 38.2 Å². The summed E-state index contributed by atoms with van der Waals surface area (Å²) in [6.07, 6.45) is -3.66. The fourth-order valence-corrected chi connectivity index (χ4v) is 2.57. The maximum atomic E-state index is 13.2. The topological polar surface area (TPSA) is 15.3 Å². The number of alkyl halides is 3.